The van der Waals surface area contributed by atoms with Gasteiger partial charge in [0, 0.05) is 11.6 Å². The van der Waals surface area contributed by atoms with Crippen LogP contribution in [0.2, 0.25) is 5.15 Å². The van der Waals surface area contributed by atoms with Crippen LogP contribution in [0.5, 0.6) is 0 Å². The van der Waals surface area contributed by atoms with Crippen molar-refractivity contribution in [2.75, 3.05) is 0 Å². The number of nitrogens with one attached hydrogen (secondary N) is 1. The summed E-state index contributed by atoms with van der Waals surface area (Å²) < 4.78 is 13.4. The van der Waals surface area contributed by atoms with Gasteiger partial charge in [0.2, 0.25) is 0 Å². The van der Waals surface area contributed by atoms with E-state index in [4.69, 9.17) is 11.6 Å². The van der Waals surface area contributed by atoms with E-state index < -0.39 is 5.82 Å². The second-order valence-corrected chi connectivity index (χ2v) is 3.38. The third-order valence-corrected chi connectivity index (χ3v) is 2.37. The molecular formula is C7H3BrClFN2. The quantitative estimate of drug-likeness (QED) is 0.714. The number of rotatable bonds is 0. The summed E-state index contributed by atoms with van der Waals surface area (Å²) in [6.07, 6.45) is 1.62. The third-order valence-electron chi connectivity index (χ3n) is 1.57. The first kappa shape index (κ1) is 8.01. The third kappa shape index (κ3) is 1.03. The molecule has 2 aromatic heterocycles. The van der Waals surface area contributed by atoms with Gasteiger partial charge in [0.25, 0.3) is 0 Å². The van der Waals surface area contributed by atoms with Gasteiger partial charge < -0.3 is 4.98 Å². The van der Waals surface area contributed by atoms with Crippen LogP contribution in [0.25, 0.3) is 10.9 Å². The molecule has 0 bridgehead atoms. The van der Waals surface area contributed by atoms with Gasteiger partial charge in [-0.3, -0.25) is 0 Å². The van der Waals surface area contributed by atoms with Gasteiger partial charge in [-0.05, 0) is 22.0 Å². The second kappa shape index (κ2) is 2.71. The summed E-state index contributed by atoms with van der Waals surface area (Å²) in [7, 11) is 0. The van der Waals surface area contributed by atoms with Crippen LogP contribution in [0.15, 0.2) is 16.9 Å². The average Bonchev–Trinajstić information content (AvgIpc) is 2.48. The van der Waals surface area contributed by atoms with E-state index in [1.165, 1.54) is 0 Å². The predicted molar refractivity (Wildman–Crippen MR) is 48.8 cm³/mol. The number of halogens is 3. The smallest absolute Gasteiger partial charge is 0.165 e. The lowest BCUT2D eigenvalue weighted by molar-refractivity contribution is 0.626. The van der Waals surface area contributed by atoms with Crippen molar-refractivity contribution in [2.45, 2.75) is 0 Å². The summed E-state index contributed by atoms with van der Waals surface area (Å²) >= 11 is 8.70. The van der Waals surface area contributed by atoms with Gasteiger partial charge in [0.15, 0.2) is 11.0 Å². The van der Waals surface area contributed by atoms with Crippen molar-refractivity contribution in [3.8, 4) is 0 Å². The summed E-state index contributed by atoms with van der Waals surface area (Å²) in [6, 6.07) is 1.61. The molecule has 5 heteroatoms. The number of hydrogen-bond donors (Lipinski definition) is 1. The highest BCUT2D eigenvalue weighted by Gasteiger charge is 2.10. The highest BCUT2D eigenvalue weighted by atomic mass is 79.9. The number of fused-ring (bicyclic) bond motifs is 1. The minimum atomic E-state index is -0.393. The van der Waals surface area contributed by atoms with Crippen molar-refractivity contribution < 1.29 is 4.39 Å². The van der Waals surface area contributed by atoms with E-state index in [-0.39, 0.29) is 9.76 Å². The number of H-pyrrole nitrogens is 1. The Balaban J connectivity index is 2.97. The van der Waals surface area contributed by atoms with Crippen LogP contribution >= 0.6 is 27.5 Å². The largest absolute Gasteiger partial charge is 0.359 e. The van der Waals surface area contributed by atoms with Crippen LogP contribution < -0.4 is 0 Å². The van der Waals surface area contributed by atoms with Gasteiger partial charge in [-0.15, -0.1) is 0 Å². The normalized spacial score (nSPS) is 10.9. The van der Waals surface area contributed by atoms with Gasteiger partial charge in [-0.2, -0.15) is 0 Å². The standard InChI is InChI=1S/C7H3BrClFN2/c8-6-4(10)3-1-2-11-5(3)7(9)12-6/h1-2,11H. The number of hydrogen-bond acceptors (Lipinski definition) is 1. The van der Waals surface area contributed by atoms with E-state index >= 15 is 0 Å². The molecule has 2 rings (SSSR count). The summed E-state index contributed by atoms with van der Waals surface area (Å²) in [5, 5.41) is 0.713. The zero-order valence-electron chi connectivity index (χ0n) is 5.74. The van der Waals surface area contributed by atoms with Crippen LogP contribution in [-0.4, -0.2) is 9.97 Å². The zero-order valence-corrected chi connectivity index (χ0v) is 8.08. The molecule has 0 aliphatic heterocycles. The Morgan fingerprint density at radius 3 is 3.08 bits per heavy atom. The Bertz CT molecular complexity index is 440. The monoisotopic (exact) mass is 248 g/mol. The first-order chi connectivity index (χ1) is 5.70. The predicted octanol–water partition coefficient (Wildman–Crippen LogP) is 3.12. The lowest BCUT2D eigenvalue weighted by atomic mass is 10.3. The van der Waals surface area contributed by atoms with E-state index in [1.807, 2.05) is 0 Å². The number of nitrogens with zero attached hydrogens (tertiary/aromatic N) is 1. The topological polar surface area (TPSA) is 28.7 Å². The molecule has 62 valence electrons. The molecule has 0 saturated carbocycles. The van der Waals surface area contributed by atoms with Crippen molar-refractivity contribution in [3.05, 3.63) is 27.8 Å². The zero-order chi connectivity index (χ0) is 8.72. The van der Waals surface area contributed by atoms with Gasteiger partial charge in [-0.1, -0.05) is 11.6 Å². The van der Waals surface area contributed by atoms with Crippen molar-refractivity contribution in [1.82, 2.24) is 9.97 Å². The maximum atomic E-state index is 13.2. The maximum absolute atomic E-state index is 13.2. The molecule has 0 aliphatic rings. The van der Waals surface area contributed by atoms with Crippen molar-refractivity contribution in [3.63, 3.8) is 0 Å². The summed E-state index contributed by atoms with van der Waals surface area (Å²) in [4.78, 5) is 6.55. The summed E-state index contributed by atoms with van der Waals surface area (Å²) in [5.74, 6) is -0.393. The fourth-order valence-electron chi connectivity index (χ4n) is 1.03. The molecule has 2 heterocycles. The molecule has 0 spiro atoms. The van der Waals surface area contributed by atoms with Crippen LogP contribution in [0, 0.1) is 5.82 Å². The minimum Gasteiger partial charge on any atom is -0.359 e. The van der Waals surface area contributed by atoms with Gasteiger partial charge in [0.1, 0.15) is 4.60 Å². The first-order valence-corrected chi connectivity index (χ1v) is 4.35. The van der Waals surface area contributed by atoms with Crippen LogP contribution in [0.1, 0.15) is 0 Å². The van der Waals surface area contributed by atoms with E-state index in [0.717, 1.165) is 0 Å². The molecular weight excluding hydrogens is 246 g/mol. The molecule has 0 unspecified atom stereocenters. The molecule has 0 fully saturated rings. The molecule has 2 nitrogen and oxygen atoms in total. The van der Waals surface area contributed by atoms with Crippen molar-refractivity contribution in [1.29, 1.82) is 0 Å². The molecule has 0 aromatic carbocycles. The van der Waals surface area contributed by atoms with E-state index in [1.54, 1.807) is 12.3 Å². The number of aromatic nitrogens is 2. The lowest BCUT2D eigenvalue weighted by Crippen LogP contribution is -1.85. The second-order valence-electron chi connectivity index (χ2n) is 2.27. The molecule has 0 atom stereocenters. The summed E-state index contributed by atoms with van der Waals surface area (Å²) in [6.45, 7) is 0. The van der Waals surface area contributed by atoms with Crippen LogP contribution in [0.4, 0.5) is 4.39 Å². The fraction of sp³-hybridized carbons (Fsp3) is 0. The van der Waals surface area contributed by atoms with Crippen LogP contribution in [0.3, 0.4) is 0 Å². The SMILES string of the molecule is Fc1c(Br)nc(Cl)c2[nH]ccc12. The molecule has 2 aromatic rings. The molecule has 0 saturated heterocycles. The van der Waals surface area contributed by atoms with Crippen molar-refractivity contribution in [2.24, 2.45) is 0 Å². The first-order valence-electron chi connectivity index (χ1n) is 3.17. The Morgan fingerprint density at radius 1 is 1.58 bits per heavy atom. The molecule has 0 radical (unpaired) electrons. The van der Waals surface area contributed by atoms with Gasteiger partial charge in [0.05, 0.1) is 5.52 Å². The van der Waals surface area contributed by atoms with E-state index in [2.05, 4.69) is 25.9 Å². The number of aromatic amines is 1. The van der Waals surface area contributed by atoms with Gasteiger partial charge >= 0.3 is 0 Å². The molecule has 0 amide bonds. The maximum Gasteiger partial charge on any atom is 0.165 e. The van der Waals surface area contributed by atoms with Crippen LogP contribution in [-0.2, 0) is 0 Å². The van der Waals surface area contributed by atoms with E-state index in [0.29, 0.717) is 10.9 Å². The average molecular weight is 249 g/mol. The molecule has 1 N–H and O–H groups in total. The van der Waals surface area contributed by atoms with Crippen molar-refractivity contribution >= 4 is 38.4 Å². The summed E-state index contributed by atoms with van der Waals surface area (Å²) in [5.41, 5.74) is 0.525. The Kier molecular flexibility index (Phi) is 1.81. The Morgan fingerprint density at radius 2 is 2.33 bits per heavy atom. The minimum absolute atomic E-state index is 0.139. The molecule has 12 heavy (non-hydrogen) atoms. The van der Waals surface area contributed by atoms with Gasteiger partial charge in [-0.25, -0.2) is 9.37 Å². The van der Waals surface area contributed by atoms with E-state index in [9.17, 15) is 4.39 Å². The number of pyridine rings is 1. The molecule has 0 aliphatic carbocycles. The fourth-order valence-corrected chi connectivity index (χ4v) is 1.76. The Hall–Kier alpha value is -0.610. The Labute approximate surface area is 80.9 Å². The highest BCUT2D eigenvalue weighted by molar-refractivity contribution is 9.10. The highest BCUT2D eigenvalue weighted by Crippen LogP contribution is 2.27. The lowest BCUT2D eigenvalue weighted by Gasteiger charge is -1.97.